The van der Waals surface area contributed by atoms with Gasteiger partial charge < -0.3 is 9.47 Å². The second-order valence-electron chi connectivity index (χ2n) is 4.08. The van der Waals surface area contributed by atoms with E-state index in [0.717, 1.165) is 36.2 Å². The van der Waals surface area contributed by atoms with Crippen LogP contribution in [0.15, 0.2) is 48.7 Å². The van der Waals surface area contributed by atoms with E-state index in [4.69, 9.17) is 9.47 Å². The summed E-state index contributed by atoms with van der Waals surface area (Å²) < 4.78 is 13.2. The van der Waals surface area contributed by atoms with Crippen LogP contribution in [0.5, 0.6) is 11.5 Å². The van der Waals surface area contributed by atoms with Crippen LogP contribution in [-0.2, 0) is 0 Å². The number of benzene rings is 2. The first-order valence-electron chi connectivity index (χ1n) is 5.95. The van der Waals surface area contributed by atoms with Crippen molar-refractivity contribution >= 4 is 59.7 Å². The zero-order chi connectivity index (χ0) is 15.4. The molecule has 0 aliphatic rings. The van der Waals surface area contributed by atoms with E-state index in [1.54, 1.807) is 20.4 Å². The number of hydrogen-bond donors (Lipinski definition) is 0. The maximum absolute atomic E-state index is 5.33. The van der Waals surface area contributed by atoms with Gasteiger partial charge in [0, 0.05) is 25.2 Å². The van der Waals surface area contributed by atoms with Crippen molar-refractivity contribution in [2.45, 2.75) is 0 Å². The van der Waals surface area contributed by atoms with Gasteiger partial charge in [-0.3, -0.25) is 4.99 Å². The van der Waals surface area contributed by atoms with Gasteiger partial charge in [0.05, 0.1) is 19.9 Å². The van der Waals surface area contributed by atoms with Gasteiger partial charge in [-0.15, -0.1) is 0 Å². The van der Waals surface area contributed by atoms with Gasteiger partial charge in [0.25, 0.3) is 0 Å². The molecule has 0 saturated carbocycles. The minimum Gasteiger partial charge on any atom is -0.497 e. The largest absolute Gasteiger partial charge is 0.497 e. The Morgan fingerprint density at radius 3 is 2.19 bits per heavy atom. The van der Waals surface area contributed by atoms with Gasteiger partial charge >= 0.3 is 0 Å². The molecule has 3 nitrogen and oxygen atoms in total. The second-order valence-corrected chi connectivity index (χ2v) is 6.71. The molecule has 0 unspecified atom stereocenters. The number of halogens is 3. The van der Waals surface area contributed by atoms with Crippen molar-refractivity contribution in [1.29, 1.82) is 0 Å². The van der Waals surface area contributed by atoms with E-state index >= 15 is 0 Å². The average molecular weight is 478 g/mol. The highest BCUT2D eigenvalue weighted by Gasteiger charge is 2.07. The lowest BCUT2D eigenvalue weighted by molar-refractivity contribution is 0.414. The summed E-state index contributed by atoms with van der Waals surface area (Å²) in [6.45, 7) is 0. The van der Waals surface area contributed by atoms with Crippen molar-refractivity contribution < 1.29 is 9.47 Å². The van der Waals surface area contributed by atoms with Crippen LogP contribution in [-0.4, -0.2) is 20.4 Å². The number of rotatable bonds is 4. The summed E-state index contributed by atoms with van der Waals surface area (Å²) in [5, 5.41) is 0. The molecule has 0 N–H and O–H groups in total. The highest BCUT2D eigenvalue weighted by Crippen LogP contribution is 2.37. The fourth-order valence-corrected chi connectivity index (χ4v) is 3.45. The molecule has 0 heterocycles. The predicted octanol–water partition coefficient (Wildman–Crippen LogP) is 5.74. The van der Waals surface area contributed by atoms with Crippen LogP contribution in [0.3, 0.4) is 0 Å². The highest BCUT2D eigenvalue weighted by molar-refractivity contribution is 9.11. The Kier molecular flexibility index (Phi) is 5.84. The SMILES string of the molecule is COc1cc(Br)c(N=Cc2cc(Br)ccc2OC)c(Br)c1. The van der Waals surface area contributed by atoms with E-state index in [2.05, 4.69) is 52.8 Å². The summed E-state index contributed by atoms with van der Waals surface area (Å²) in [6, 6.07) is 9.51. The van der Waals surface area contributed by atoms with Gasteiger partial charge in [-0.2, -0.15) is 0 Å². The van der Waals surface area contributed by atoms with E-state index in [1.807, 2.05) is 30.3 Å². The van der Waals surface area contributed by atoms with Crippen LogP contribution in [0.1, 0.15) is 5.56 Å². The third-order valence-electron chi connectivity index (χ3n) is 2.75. The van der Waals surface area contributed by atoms with Crippen molar-refractivity contribution in [3.05, 3.63) is 49.3 Å². The van der Waals surface area contributed by atoms with Crippen molar-refractivity contribution in [1.82, 2.24) is 0 Å². The summed E-state index contributed by atoms with van der Waals surface area (Å²) in [7, 11) is 3.27. The number of methoxy groups -OCH3 is 2. The molecule has 110 valence electrons. The average Bonchev–Trinajstić information content (AvgIpc) is 2.46. The Bertz CT molecular complexity index is 664. The van der Waals surface area contributed by atoms with Gasteiger partial charge in [-0.05, 0) is 62.2 Å². The smallest absolute Gasteiger partial charge is 0.127 e. The molecule has 2 rings (SSSR count). The maximum Gasteiger partial charge on any atom is 0.127 e. The molecule has 0 aliphatic heterocycles. The van der Waals surface area contributed by atoms with Crippen LogP contribution in [0.2, 0.25) is 0 Å². The van der Waals surface area contributed by atoms with E-state index in [0.29, 0.717) is 0 Å². The molecular weight excluding hydrogens is 466 g/mol. The zero-order valence-corrected chi connectivity index (χ0v) is 16.1. The Morgan fingerprint density at radius 2 is 1.62 bits per heavy atom. The first-order chi connectivity index (χ1) is 10.0. The summed E-state index contributed by atoms with van der Waals surface area (Å²) >= 11 is 10.4. The van der Waals surface area contributed by atoms with E-state index in [-0.39, 0.29) is 0 Å². The lowest BCUT2D eigenvalue weighted by Gasteiger charge is -2.07. The first kappa shape index (κ1) is 16.5. The van der Waals surface area contributed by atoms with Gasteiger partial charge in [-0.1, -0.05) is 15.9 Å². The minimum absolute atomic E-state index is 0.757. The molecule has 0 fully saturated rings. The van der Waals surface area contributed by atoms with Crippen molar-refractivity contribution in [3.8, 4) is 11.5 Å². The Labute approximate surface area is 148 Å². The Balaban J connectivity index is 2.40. The summed E-state index contributed by atoms with van der Waals surface area (Å²) in [5.74, 6) is 1.52. The summed E-state index contributed by atoms with van der Waals surface area (Å²) in [4.78, 5) is 4.53. The van der Waals surface area contributed by atoms with Gasteiger partial charge in [0.1, 0.15) is 11.5 Å². The third kappa shape index (κ3) is 4.08. The fourth-order valence-electron chi connectivity index (χ4n) is 1.72. The molecule has 0 aliphatic carbocycles. The predicted molar refractivity (Wildman–Crippen MR) is 96.3 cm³/mol. The molecule has 2 aromatic carbocycles. The molecule has 0 aromatic heterocycles. The monoisotopic (exact) mass is 475 g/mol. The molecule has 21 heavy (non-hydrogen) atoms. The third-order valence-corrected chi connectivity index (χ3v) is 4.45. The van der Waals surface area contributed by atoms with Crippen molar-refractivity contribution in [3.63, 3.8) is 0 Å². The lowest BCUT2D eigenvalue weighted by Crippen LogP contribution is -1.90. The van der Waals surface area contributed by atoms with Crippen molar-refractivity contribution in [2.24, 2.45) is 4.99 Å². The van der Waals surface area contributed by atoms with Crippen LogP contribution in [0, 0.1) is 0 Å². The molecular formula is C15H12Br3NO2. The molecule has 0 atom stereocenters. The van der Waals surface area contributed by atoms with E-state index in [9.17, 15) is 0 Å². The minimum atomic E-state index is 0.757. The van der Waals surface area contributed by atoms with E-state index < -0.39 is 0 Å². The zero-order valence-electron chi connectivity index (χ0n) is 11.4. The first-order valence-corrected chi connectivity index (χ1v) is 8.33. The number of aliphatic imine (C=N–C) groups is 1. The molecule has 0 amide bonds. The summed E-state index contributed by atoms with van der Waals surface area (Å²) in [6.07, 6.45) is 1.76. The maximum atomic E-state index is 5.33. The quantitative estimate of drug-likeness (QED) is 0.525. The second kappa shape index (κ2) is 7.42. The Morgan fingerprint density at radius 1 is 0.952 bits per heavy atom. The summed E-state index contributed by atoms with van der Waals surface area (Å²) in [5.41, 5.74) is 1.68. The fraction of sp³-hybridized carbons (Fsp3) is 0.133. The van der Waals surface area contributed by atoms with Crippen LogP contribution >= 0.6 is 47.8 Å². The van der Waals surface area contributed by atoms with Crippen LogP contribution < -0.4 is 9.47 Å². The molecule has 0 radical (unpaired) electrons. The lowest BCUT2D eigenvalue weighted by atomic mass is 10.2. The normalized spacial score (nSPS) is 10.9. The molecule has 0 spiro atoms. The van der Waals surface area contributed by atoms with Gasteiger partial charge in [0.15, 0.2) is 0 Å². The molecule has 2 aromatic rings. The number of nitrogens with zero attached hydrogens (tertiary/aromatic N) is 1. The topological polar surface area (TPSA) is 30.8 Å². The van der Waals surface area contributed by atoms with Gasteiger partial charge in [0.2, 0.25) is 0 Å². The van der Waals surface area contributed by atoms with Crippen LogP contribution in [0.25, 0.3) is 0 Å². The van der Waals surface area contributed by atoms with E-state index in [1.165, 1.54) is 0 Å². The van der Waals surface area contributed by atoms with Crippen LogP contribution in [0.4, 0.5) is 5.69 Å². The molecule has 6 heteroatoms. The standard InChI is InChI=1S/C15H12Br3NO2/c1-20-11-6-12(17)15(13(18)7-11)19-8-9-5-10(16)3-4-14(9)21-2/h3-8H,1-2H3. The van der Waals surface area contributed by atoms with Gasteiger partial charge in [-0.25, -0.2) is 0 Å². The molecule has 0 bridgehead atoms. The number of ether oxygens (including phenoxy) is 2. The highest BCUT2D eigenvalue weighted by atomic mass is 79.9. The molecule has 0 saturated heterocycles. The van der Waals surface area contributed by atoms with Crippen molar-refractivity contribution in [2.75, 3.05) is 14.2 Å². The Hall–Kier alpha value is -0.850. The number of hydrogen-bond acceptors (Lipinski definition) is 3.